The van der Waals surface area contributed by atoms with Crippen LogP contribution in [0, 0.1) is 6.92 Å². The van der Waals surface area contributed by atoms with Crippen molar-refractivity contribution in [1.29, 1.82) is 0 Å². The van der Waals surface area contributed by atoms with Crippen LogP contribution in [0.2, 0.25) is 0 Å². The molecule has 0 radical (unpaired) electrons. The van der Waals surface area contributed by atoms with Gasteiger partial charge in [0.15, 0.2) is 11.9 Å². The number of rotatable bonds is 8. The number of hydrogen-bond donors (Lipinski definition) is 1. The lowest BCUT2D eigenvalue weighted by Crippen LogP contribution is -2.38. The predicted molar refractivity (Wildman–Crippen MR) is 96.2 cm³/mol. The van der Waals surface area contributed by atoms with Gasteiger partial charge in [-0.3, -0.25) is 9.59 Å². The molecule has 0 aliphatic carbocycles. The molecule has 2 aromatic carbocycles. The lowest BCUT2D eigenvalue weighted by molar-refractivity contribution is -0.127. The zero-order valence-electron chi connectivity index (χ0n) is 14.7. The van der Waals surface area contributed by atoms with Crippen LogP contribution in [0.4, 0.5) is 0 Å². The normalized spacial score (nSPS) is 11.5. The van der Waals surface area contributed by atoms with Gasteiger partial charge in [-0.2, -0.15) is 0 Å². The quantitative estimate of drug-likeness (QED) is 0.592. The minimum Gasteiger partial charge on any atom is -0.492 e. The molecule has 0 saturated carbocycles. The SMILES string of the molecule is CC(=O)c1cccc(OC(C)C(=O)NCCOc2cccc(C)c2)c1. The number of carbonyl (C=O) groups is 2. The molecule has 0 fully saturated rings. The van der Waals surface area contributed by atoms with Gasteiger partial charge in [0, 0.05) is 5.56 Å². The molecule has 2 rings (SSSR count). The maximum Gasteiger partial charge on any atom is 0.260 e. The molecule has 1 atom stereocenters. The van der Waals surface area contributed by atoms with Crippen LogP contribution in [0.5, 0.6) is 11.5 Å². The van der Waals surface area contributed by atoms with Crippen molar-refractivity contribution in [2.24, 2.45) is 0 Å². The first kappa shape index (κ1) is 18.5. The van der Waals surface area contributed by atoms with Crippen LogP contribution < -0.4 is 14.8 Å². The summed E-state index contributed by atoms with van der Waals surface area (Å²) in [7, 11) is 0. The summed E-state index contributed by atoms with van der Waals surface area (Å²) in [5.41, 5.74) is 1.67. The van der Waals surface area contributed by atoms with E-state index in [0.717, 1.165) is 11.3 Å². The van der Waals surface area contributed by atoms with Crippen LogP contribution in [-0.2, 0) is 4.79 Å². The van der Waals surface area contributed by atoms with Crippen molar-refractivity contribution in [3.05, 3.63) is 59.7 Å². The van der Waals surface area contributed by atoms with Gasteiger partial charge in [0.25, 0.3) is 5.91 Å². The number of nitrogens with one attached hydrogen (secondary N) is 1. The van der Waals surface area contributed by atoms with E-state index in [-0.39, 0.29) is 11.7 Å². The lowest BCUT2D eigenvalue weighted by atomic mass is 10.1. The van der Waals surface area contributed by atoms with Crippen molar-refractivity contribution in [3.8, 4) is 11.5 Å². The van der Waals surface area contributed by atoms with Crippen LogP contribution in [0.15, 0.2) is 48.5 Å². The van der Waals surface area contributed by atoms with E-state index in [4.69, 9.17) is 9.47 Å². The third kappa shape index (κ3) is 5.95. The molecule has 5 heteroatoms. The second-order valence-corrected chi connectivity index (χ2v) is 5.80. The summed E-state index contributed by atoms with van der Waals surface area (Å²) in [4.78, 5) is 23.5. The van der Waals surface area contributed by atoms with E-state index in [1.54, 1.807) is 31.2 Å². The number of benzene rings is 2. The third-order valence-electron chi connectivity index (χ3n) is 3.58. The van der Waals surface area contributed by atoms with E-state index in [0.29, 0.717) is 24.5 Å². The molecule has 2 aromatic rings. The second-order valence-electron chi connectivity index (χ2n) is 5.80. The van der Waals surface area contributed by atoms with Crippen molar-refractivity contribution in [3.63, 3.8) is 0 Å². The van der Waals surface area contributed by atoms with E-state index in [9.17, 15) is 9.59 Å². The number of hydrogen-bond acceptors (Lipinski definition) is 4. The van der Waals surface area contributed by atoms with Gasteiger partial charge in [0.2, 0.25) is 0 Å². The summed E-state index contributed by atoms with van der Waals surface area (Å²) >= 11 is 0. The largest absolute Gasteiger partial charge is 0.492 e. The summed E-state index contributed by atoms with van der Waals surface area (Å²) in [6.07, 6.45) is -0.666. The Morgan fingerprint density at radius 2 is 1.80 bits per heavy atom. The standard InChI is InChI=1S/C20H23NO4/c1-14-6-4-8-18(12-14)24-11-10-21-20(23)16(3)25-19-9-5-7-17(13-19)15(2)22/h4-9,12-13,16H,10-11H2,1-3H3,(H,21,23). The molecule has 0 aromatic heterocycles. The van der Waals surface area contributed by atoms with Crippen molar-refractivity contribution >= 4 is 11.7 Å². The molecule has 0 heterocycles. The van der Waals surface area contributed by atoms with Crippen LogP contribution >= 0.6 is 0 Å². The molecule has 0 spiro atoms. The van der Waals surface area contributed by atoms with Gasteiger partial charge in [0.1, 0.15) is 18.1 Å². The van der Waals surface area contributed by atoms with Gasteiger partial charge in [0.05, 0.1) is 6.54 Å². The van der Waals surface area contributed by atoms with E-state index >= 15 is 0 Å². The topological polar surface area (TPSA) is 64.6 Å². The molecule has 0 aliphatic rings. The van der Waals surface area contributed by atoms with Crippen LogP contribution in [0.1, 0.15) is 29.8 Å². The molecule has 5 nitrogen and oxygen atoms in total. The highest BCUT2D eigenvalue weighted by molar-refractivity contribution is 5.94. The molecule has 1 unspecified atom stereocenters. The molecular weight excluding hydrogens is 318 g/mol. The molecule has 1 N–H and O–H groups in total. The Labute approximate surface area is 148 Å². The highest BCUT2D eigenvalue weighted by Crippen LogP contribution is 2.15. The molecule has 0 saturated heterocycles. The monoisotopic (exact) mass is 341 g/mol. The van der Waals surface area contributed by atoms with Crippen molar-refractivity contribution in [2.75, 3.05) is 13.2 Å². The Bertz CT molecular complexity index is 742. The Balaban J connectivity index is 1.76. The summed E-state index contributed by atoms with van der Waals surface area (Å²) < 4.78 is 11.2. The number of Topliss-reactive ketones (excluding diaryl/α,β-unsaturated/α-hetero) is 1. The van der Waals surface area contributed by atoms with Gasteiger partial charge in [-0.05, 0) is 50.6 Å². The molecule has 25 heavy (non-hydrogen) atoms. The summed E-state index contributed by atoms with van der Waals surface area (Å²) in [5, 5.41) is 2.77. The van der Waals surface area contributed by atoms with Gasteiger partial charge in [-0.25, -0.2) is 0 Å². The summed E-state index contributed by atoms with van der Waals surface area (Å²) in [6, 6.07) is 14.5. The van der Waals surface area contributed by atoms with Crippen LogP contribution in [0.3, 0.4) is 0 Å². The fraction of sp³-hybridized carbons (Fsp3) is 0.300. The first-order valence-electron chi connectivity index (χ1n) is 8.20. The van der Waals surface area contributed by atoms with E-state index in [1.165, 1.54) is 6.92 Å². The molecule has 0 bridgehead atoms. The zero-order chi connectivity index (χ0) is 18.2. The number of aryl methyl sites for hydroxylation is 1. The highest BCUT2D eigenvalue weighted by Gasteiger charge is 2.14. The summed E-state index contributed by atoms with van der Waals surface area (Å²) in [5.74, 6) is 0.989. The van der Waals surface area contributed by atoms with E-state index in [1.807, 2.05) is 31.2 Å². The third-order valence-corrected chi connectivity index (χ3v) is 3.58. The van der Waals surface area contributed by atoms with Gasteiger partial charge < -0.3 is 14.8 Å². The average Bonchev–Trinajstić information content (AvgIpc) is 2.58. The van der Waals surface area contributed by atoms with Crippen LogP contribution in [-0.4, -0.2) is 30.9 Å². The second kappa shape index (κ2) is 8.87. The molecule has 1 amide bonds. The van der Waals surface area contributed by atoms with Gasteiger partial charge in [-0.15, -0.1) is 0 Å². The number of carbonyl (C=O) groups excluding carboxylic acids is 2. The molecular formula is C20H23NO4. The Morgan fingerprint density at radius 3 is 2.52 bits per heavy atom. The Hall–Kier alpha value is -2.82. The highest BCUT2D eigenvalue weighted by atomic mass is 16.5. The van der Waals surface area contributed by atoms with E-state index < -0.39 is 6.10 Å². The summed E-state index contributed by atoms with van der Waals surface area (Å²) in [6.45, 7) is 5.91. The first-order valence-corrected chi connectivity index (χ1v) is 8.20. The minimum atomic E-state index is -0.666. The number of ketones is 1. The van der Waals surface area contributed by atoms with Gasteiger partial charge in [-0.1, -0.05) is 24.3 Å². The van der Waals surface area contributed by atoms with Gasteiger partial charge >= 0.3 is 0 Å². The van der Waals surface area contributed by atoms with E-state index in [2.05, 4.69) is 5.32 Å². The maximum atomic E-state index is 12.1. The smallest absolute Gasteiger partial charge is 0.260 e. The Kier molecular flexibility index (Phi) is 6.57. The molecule has 132 valence electrons. The average molecular weight is 341 g/mol. The maximum absolute atomic E-state index is 12.1. The van der Waals surface area contributed by atoms with Crippen molar-refractivity contribution in [2.45, 2.75) is 26.9 Å². The van der Waals surface area contributed by atoms with Crippen molar-refractivity contribution < 1.29 is 19.1 Å². The number of amides is 1. The first-order chi connectivity index (χ1) is 12.0. The predicted octanol–water partition coefficient (Wildman–Crippen LogP) is 3.16. The Morgan fingerprint density at radius 1 is 1.08 bits per heavy atom. The van der Waals surface area contributed by atoms with Crippen LogP contribution in [0.25, 0.3) is 0 Å². The van der Waals surface area contributed by atoms with Crippen molar-refractivity contribution in [1.82, 2.24) is 5.32 Å². The fourth-order valence-electron chi connectivity index (χ4n) is 2.24. The molecule has 0 aliphatic heterocycles. The minimum absolute atomic E-state index is 0.0455. The fourth-order valence-corrected chi connectivity index (χ4v) is 2.24. The number of ether oxygens (including phenoxy) is 2. The zero-order valence-corrected chi connectivity index (χ0v) is 14.7. The lowest BCUT2D eigenvalue weighted by Gasteiger charge is -2.15.